The lowest BCUT2D eigenvalue weighted by molar-refractivity contribution is -0.856. The molecule has 3 heteroatoms. The number of rotatable bonds is 7. The highest BCUT2D eigenvalue weighted by molar-refractivity contribution is 6.07. The van der Waals surface area contributed by atoms with Gasteiger partial charge in [-0.2, -0.15) is 9.13 Å². The van der Waals surface area contributed by atoms with E-state index in [2.05, 4.69) is 158 Å². The van der Waals surface area contributed by atoms with Crippen LogP contribution in [0.25, 0.3) is 55.6 Å². The Kier molecular flexibility index (Phi) is 6.92. The highest BCUT2D eigenvalue weighted by Gasteiger charge is 2.73. The number of nitrogens with zero attached hydrogens (tertiary/aromatic N) is 2. The second-order valence-corrected chi connectivity index (χ2v) is 14.2. The van der Waals surface area contributed by atoms with E-state index in [1.54, 1.807) is 0 Å². The number of para-hydroxylation sites is 1. The average Bonchev–Trinajstić information content (AvgIpc) is 3.64. The Bertz CT molecular complexity index is 2400. The zero-order valence-electron chi connectivity index (χ0n) is 29.1. The summed E-state index contributed by atoms with van der Waals surface area (Å²) in [5, 5.41) is 2.35. The van der Waals surface area contributed by atoms with Crippen LogP contribution in [0.15, 0.2) is 126 Å². The van der Waals surface area contributed by atoms with Gasteiger partial charge in [-0.1, -0.05) is 100 Å². The molecule has 9 rings (SSSR count). The molecule has 3 nitrogen and oxygen atoms in total. The number of aromatic nitrogens is 2. The lowest BCUT2D eigenvalue weighted by atomic mass is 9.61. The summed E-state index contributed by atoms with van der Waals surface area (Å²) in [6.45, 7) is 9.32. The molecule has 0 amide bonds. The summed E-state index contributed by atoms with van der Waals surface area (Å²) in [5.74, 6) is 0. The molecule has 0 saturated carbocycles. The maximum atomic E-state index is 6.65. The van der Waals surface area contributed by atoms with E-state index in [0.717, 1.165) is 30.4 Å². The largest absolute Gasteiger partial charge is 0.456 e. The number of pyridine rings is 2. The van der Waals surface area contributed by atoms with Gasteiger partial charge in [0.05, 0.1) is 16.7 Å². The number of fused-ring (bicyclic) bond motifs is 12. The summed E-state index contributed by atoms with van der Waals surface area (Å²) < 4.78 is 12.0. The minimum absolute atomic E-state index is 0.318. The molecule has 0 radical (unpaired) electrons. The summed E-state index contributed by atoms with van der Waals surface area (Å²) in [4.78, 5) is 0. The van der Waals surface area contributed by atoms with Crippen molar-refractivity contribution in [3.63, 3.8) is 0 Å². The molecule has 0 bridgehead atoms. The van der Waals surface area contributed by atoms with Gasteiger partial charge in [-0.15, -0.1) is 0 Å². The summed E-state index contributed by atoms with van der Waals surface area (Å²) in [6.07, 6.45) is 11.5. The van der Waals surface area contributed by atoms with Crippen molar-refractivity contribution in [1.29, 1.82) is 0 Å². The van der Waals surface area contributed by atoms with E-state index in [1.807, 2.05) is 0 Å². The van der Waals surface area contributed by atoms with E-state index < -0.39 is 5.54 Å². The molecule has 2 aliphatic heterocycles. The number of hydrogen-bond acceptors (Lipinski definition) is 1. The Morgan fingerprint density at radius 1 is 0.612 bits per heavy atom. The van der Waals surface area contributed by atoms with Gasteiger partial charge in [0.15, 0.2) is 12.4 Å². The first kappa shape index (κ1) is 30.1. The first-order valence-electron chi connectivity index (χ1n) is 18.3. The van der Waals surface area contributed by atoms with Crippen LogP contribution >= 0.6 is 0 Å². The number of benzene rings is 4. The fraction of sp³-hybridized carbons (Fsp3) is 0.261. The third kappa shape index (κ3) is 4.02. The molecule has 242 valence electrons. The normalized spacial score (nSPS) is 16.9. The molecule has 0 N–H and O–H groups in total. The van der Waals surface area contributed by atoms with Crippen molar-refractivity contribution in [3.05, 3.63) is 144 Å². The van der Waals surface area contributed by atoms with Crippen LogP contribution in [0.4, 0.5) is 0 Å². The first-order chi connectivity index (χ1) is 24.1. The van der Waals surface area contributed by atoms with Crippen molar-refractivity contribution >= 4 is 21.9 Å². The van der Waals surface area contributed by atoms with Gasteiger partial charge < -0.3 is 4.42 Å². The van der Waals surface area contributed by atoms with Crippen LogP contribution in [0.3, 0.4) is 0 Å². The standard InChI is InChI=1S/C46H44N2O/c1-5-8-10-19-33-27-42-35-21-13-15-22-39(35)46(45(6-2,7-3)48(42)30-38(33)32-17-11-9-12-18-32)40-29-44-36(34-20-14-16-23-43(34)49-44)28-37(40)41-26-31(4)24-25-47(41)46/h9,11-18,20-30H,5-8,10,19H2,1-4H3/q+2. The van der Waals surface area contributed by atoms with Crippen molar-refractivity contribution in [2.24, 2.45) is 0 Å². The fourth-order valence-electron chi connectivity index (χ4n) is 9.62. The van der Waals surface area contributed by atoms with Crippen LogP contribution in [0.2, 0.25) is 0 Å². The van der Waals surface area contributed by atoms with Crippen LogP contribution < -0.4 is 9.13 Å². The minimum atomic E-state index is -0.506. The molecular weight excluding hydrogens is 597 g/mol. The van der Waals surface area contributed by atoms with Gasteiger partial charge in [0, 0.05) is 52.9 Å². The van der Waals surface area contributed by atoms with Crippen molar-refractivity contribution in [1.82, 2.24) is 0 Å². The van der Waals surface area contributed by atoms with Gasteiger partial charge in [0.25, 0.3) is 5.54 Å². The Labute approximate surface area is 289 Å². The molecule has 1 unspecified atom stereocenters. The van der Waals surface area contributed by atoms with Crippen molar-refractivity contribution in [2.45, 2.75) is 77.3 Å². The zero-order valence-corrected chi connectivity index (χ0v) is 29.1. The SMILES string of the molecule is CCCCCc1cc2[n+](cc1-c1ccccc1)C(CC)(CC)C1(c3ccccc3-2)c2cc3oc4ccccc4c3cc2-c2cc(C)cc[n+]21. The van der Waals surface area contributed by atoms with Crippen LogP contribution in [-0.2, 0) is 17.5 Å². The molecular formula is C46H44N2O+2. The summed E-state index contributed by atoms with van der Waals surface area (Å²) in [5.41, 5.74) is 14.3. The average molecular weight is 641 g/mol. The molecule has 0 fully saturated rings. The molecule has 0 saturated heterocycles. The predicted molar refractivity (Wildman–Crippen MR) is 200 cm³/mol. The van der Waals surface area contributed by atoms with Crippen LogP contribution in [0.5, 0.6) is 0 Å². The zero-order chi connectivity index (χ0) is 33.3. The van der Waals surface area contributed by atoms with Gasteiger partial charge in [0.1, 0.15) is 11.2 Å². The third-order valence-corrected chi connectivity index (χ3v) is 11.9. The fourth-order valence-corrected chi connectivity index (χ4v) is 9.62. The van der Waals surface area contributed by atoms with Crippen LogP contribution in [0.1, 0.15) is 75.1 Å². The third-order valence-electron chi connectivity index (χ3n) is 11.9. The number of hydrogen-bond donors (Lipinski definition) is 0. The molecule has 3 aromatic heterocycles. The Balaban J connectivity index is 1.43. The molecule has 5 heterocycles. The van der Waals surface area contributed by atoms with Crippen LogP contribution in [0, 0.1) is 6.92 Å². The monoisotopic (exact) mass is 640 g/mol. The predicted octanol–water partition coefficient (Wildman–Crippen LogP) is 10.8. The quantitative estimate of drug-likeness (QED) is 0.125. The molecule has 0 aliphatic carbocycles. The van der Waals surface area contributed by atoms with E-state index >= 15 is 0 Å². The molecule has 49 heavy (non-hydrogen) atoms. The maximum Gasteiger partial charge on any atom is 0.284 e. The van der Waals surface area contributed by atoms with E-state index in [9.17, 15) is 0 Å². The molecule has 1 spiro atoms. The Hall–Kier alpha value is -5.02. The number of unbranched alkanes of at least 4 members (excludes halogenated alkanes) is 2. The minimum Gasteiger partial charge on any atom is -0.456 e. The lowest BCUT2D eigenvalue weighted by Crippen LogP contribution is -2.78. The molecule has 4 aromatic carbocycles. The van der Waals surface area contributed by atoms with Crippen molar-refractivity contribution in [3.8, 4) is 33.6 Å². The lowest BCUT2D eigenvalue weighted by Gasteiger charge is -2.44. The molecule has 2 aliphatic rings. The van der Waals surface area contributed by atoms with Crippen LogP contribution in [-0.4, -0.2) is 0 Å². The summed E-state index contributed by atoms with van der Waals surface area (Å²) in [7, 11) is 0. The Morgan fingerprint density at radius 2 is 1.37 bits per heavy atom. The highest BCUT2D eigenvalue weighted by atomic mass is 16.3. The second kappa shape index (κ2) is 11.3. The van der Waals surface area contributed by atoms with Gasteiger partial charge >= 0.3 is 0 Å². The van der Waals surface area contributed by atoms with E-state index in [1.165, 1.54) is 85.9 Å². The smallest absolute Gasteiger partial charge is 0.284 e. The topological polar surface area (TPSA) is 20.9 Å². The van der Waals surface area contributed by atoms with Gasteiger partial charge in [-0.25, -0.2) is 0 Å². The van der Waals surface area contributed by atoms with E-state index in [0.29, 0.717) is 0 Å². The summed E-state index contributed by atoms with van der Waals surface area (Å²) >= 11 is 0. The first-order valence-corrected chi connectivity index (χ1v) is 18.3. The molecule has 7 aromatic rings. The summed E-state index contributed by atoms with van der Waals surface area (Å²) in [6, 6.07) is 40.8. The van der Waals surface area contributed by atoms with Crippen molar-refractivity contribution in [2.75, 3.05) is 0 Å². The number of furan rings is 1. The second-order valence-electron chi connectivity index (χ2n) is 14.2. The van der Waals surface area contributed by atoms with E-state index in [-0.39, 0.29) is 5.54 Å². The number of aryl methyl sites for hydroxylation is 2. The van der Waals surface area contributed by atoms with Gasteiger partial charge in [0.2, 0.25) is 16.9 Å². The van der Waals surface area contributed by atoms with Gasteiger partial charge in [-0.05, 0) is 60.7 Å². The van der Waals surface area contributed by atoms with Gasteiger partial charge in [-0.3, -0.25) is 0 Å². The van der Waals surface area contributed by atoms with E-state index in [4.69, 9.17) is 4.42 Å². The highest BCUT2D eigenvalue weighted by Crippen LogP contribution is 2.57. The Morgan fingerprint density at radius 3 is 2.18 bits per heavy atom. The maximum absolute atomic E-state index is 6.65. The van der Waals surface area contributed by atoms with Crippen molar-refractivity contribution < 1.29 is 13.6 Å². The molecule has 1 atom stereocenters.